The van der Waals surface area contributed by atoms with Gasteiger partial charge in [-0.15, -0.1) is 0 Å². The van der Waals surface area contributed by atoms with Crippen LogP contribution in [0.5, 0.6) is 5.75 Å². The second kappa shape index (κ2) is 13.9. The van der Waals surface area contributed by atoms with Gasteiger partial charge >= 0.3 is 12.3 Å². The van der Waals surface area contributed by atoms with Gasteiger partial charge in [0.2, 0.25) is 0 Å². The van der Waals surface area contributed by atoms with Crippen molar-refractivity contribution in [2.45, 2.75) is 89.5 Å². The molecule has 0 aliphatic heterocycles. The molecule has 0 radical (unpaired) electrons. The van der Waals surface area contributed by atoms with Crippen LogP contribution in [0.25, 0.3) is 11.1 Å². The quantitative estimate of drug-likeness (QED) is 0.194. The molecule has 0 saturated heterocycles. The zero-order valence-electron chi connectivity index (χ0n) is 23.8. The normalized spacial score (nSPS) is 23.6. The maximum atomic E-state index is 14.6. The summed E-state index contributed by atoms with van der Waals surface area (Å²) < 4.78 is 134. The van der Waals surface area contributed by atoms with Gasteiger partial charge in [-0.2, -0.15) is 22.0 Å². The molecule has 0 unspecified atom stereocenters. The molecular weight excluding hydrogens is 587 g/mol. The molecule has 0 aromatic heterocycles. The van der Waals surface area contributed by atoms with Crippen LogP contribution in [0.15, 0.2) is 36.4 Å². The SMILES string of the molecule is CCCC1CCC(C=CC2CCC(OCC(F)(F)Oc3cc(F)c(-c4cc(F)c(C(F)(F)F)c(F)c4)c(F)c3)CC2)CC1. The third kappa shape index (κ3) is 8.92. The van der Waals surface area contributed by atoms with Crippen molar-refractivity contribution in [1.29, 1.82) is 0 Å². The lowest BCUT2D eigenvalue weighted by Crippen LogP contribution is -2.34. The average molecular weight is 623 g/mol. The van der Waals surface area contributed by atoms with E-state index >= 15 is 0 Å². The summed E-state index contributed by atoms with van der Waals surface area (Å²) in [5.41, 5.74) is -4.21. The smallest absolute Gasteiger partial charge is 0.422 e. The summed E-state index contributed by atoms with van der Waals surface area (Å²) in [7, 11) is 0. The van der Waals surface area contributed by atoms with E-state index in [4.69, 9.17) is 4.74 Å². The van der Waals surface area contributed by atoms with E-state index in [1.165, 1.54) is 38.5 Å². The Morgan fingerprint density at radius 2 is 1.23 bits per heavy atom. The van der Waals surface area contributed by atoms with E-state index in [1.807, 2.05) is 0 Å². The summed E-state index contributed by atoms with van der Waals surface area (Å²) in [4.78, 5) is 0. The van der Waals surface area contributed by atoms with Crippen molar-refractivity contribution in [2.24, 2.45) is 17.8 Å². The van der Waals surface area contributed by atoms with Crippen LogP contribution in [0.4, 0.5) is 39.5 Å². The molecule has 2 aliphatic rings. The Morgan fingerprint density at radius 3 is 1.72 bits per heavy atom. The molecule has 4 rings (SSSR count). The summed E-state index contributed by atoms with van der Waals surface area (Å²) in [5, 5.41) is 0. The van der Waals surface area contributed by atoms with E-state index in [-0.39, 0.29) is 12.1 Å². The zero-order valence-corrected chi connectivity index (χ0v) is 23.8. The first kappa shape index (κ1) is 33.2. The molecule has 2 fully saturated rings. The van der Waals surface area contributed by atoms with Crippen molar-refractivity contribution >= 4 is 0 Å². The highest BCUT2D eigenvalue weighted by molar-refractivity contribution is 5.66. The number of allylic oxidation sites excluding steroid dienone is 2. The van der Waals surface area contributed by atoms with Crippen LogP contribution in [0.1, 0.15) is 76.7 Å². The van der Waals surface area contributed by atoms with E-state index in [0.717, 1.165) is 18.8 Å². The number of ether oxygens (including phenoxy) is 2. The van der Waals surface area contributed by atoms with E-state index in [1.54, 1.807) is 0 Å². The lowest BCUT2D eigenvalue weighted by atomic mass is 9.79. The lowest BCUT2D eigenvalue weighted by Gasteiger charge is -2.29. The standard InChI is InChI=1S/C32H35F9O2/c1-2-3-19-4-6-20(7-5-19)8-9-21-10-12-23(13-11-21)42-18-31(37,38)43-24-16-25(33)29(26(34)17-24)22-14-27(35)30(28(36)15-22)32(39,40)41/h8-9,14-17,19-21,23H,2-7,10-13,18H2,1H3. The highest BCUT2D eigenvalue weighted by atomic mass is 19.4. The molecule has 11 heteroatoms. The molecule has 0 atom stereocenters. The predicted molar refractivity (Wildman–Crippen MR) is 143 cm³/mol. The second-order valence-corrected chi connectivity index (χ2v) is 11.6. The number of hydrogen-bond acceptors (Lipinski definition) is 2. The molecule has 238 valence electrons. The van der Waals surface area contributed by atoms with E-state index in [9.17, 15) is 39.5 Å². The number of halogens is 9. The van der Waals surface area contributed by atoms with E-state index in [0.29, 0.717) is 36.8 Å². The van der Waals surface area contributed by atoms with Gasteiger partial charge in [0.25, 0.3) is 0 Å². The van der Waals surface area contributed by atoms with Crippen LogP contribution in [0.2, 0.25) is 0 Å². The fourth-order valence-corrected chi connectivity index (χ4v) is 6.13. The summed E-state index contributed by atoms with van der Waals surface area (Å²) in [6, 6.07) is 0.931. The molecule has 0 bridgehead atoms. The largest absolute Gasteiger partial charge is 0.431 e. The first-order valence-electron chi connectivity index (χ1n) is 14.7. The van der Waals surface area contributed by atoms with Crippen molar-refractivity contribution in [1.82, 2.24) is 0 Å². The van der Waals surface area contributed by atoms with Gasteiger partial charge < -0.3 is 9.47 Å². The zero-order chi connectivity index (χ0) is 31.4. The number of benzene rings is 2. The van der Waals surface area contributed by atoms with E-state index < -0.39 is 70.7 Å². The molecule has 0 N–H and O–H groups in total. The van der Waals surface area contributed by atoms with Crippen LogP contribution in [-0.4, -0.2) is 18.8 Å². The van der Waals surface area contributed by atoms with Gasteiger partial charge in [-0.05, 0) is 86.8 Å². The number of rotatable bonds is 10. The number of alkyl halides is 5. The first-order valence-corrected chi connectivity index (χ1v) is 14.7. The molecule has 2 aromatic carbocycles. The van der Waals surface area contributed by atoms with Crippen molar-refractivity contribution < 1.29 is 49.0 Å². The van der Waals surface area contributed by atoms with Crippen LogP contribution in [0.3, 0.4) is 0 Å². The lowest BCUT2D eigenvalue weighted by molar-refractivity contribution is -0.222. The van der Waals surface area contributed by atoms with Gasteiger partial charge in [0.1, 0.15) is 34.6 Å². The number of hydrogen-bond donors (Lipinski definition) is 0. The Kier molecular flexibility index (Phi) is 10.8. The monoisotopic (exact) mass is 622 g/mol. The van der Waals surface area contributed by atoms with Crippen LogP contribution in [0, 0.1) is 41.0 Å². The molecule has 2 nitrogen and oxygen atoms in total. The van der Waals surface area contributed by atoms with Gasteiger partial charge in [0.15, 0.2) is 6.61 Å². The van der Waals surface area contributed by atoms with Gasteiger partial charge in [0.05, 0.1) is 11.7 Å². The minimum absolute atomic E-state index is 0.111. The molecule has 2 aromatic rings. The van der Waals surface area contributed by atoms with Crippen LogP contribution in [-0.2, 0) is 10.9 Å². The Labute approximate surface area is 245 Å². The van der Waals surface area contributed by atoms with Gasteiger partial charge in [0, 0.05) is 12.1 Å². The average Bonchev–Trinajstić information content (AvgIpc) is 2.90. The van der Waals surface area contributed by atoms with Gasteiger partial charge in [-0.25, -0.2) is 17.6 Å². The Morgan fingerprint density at radius 1 is 0.721 bits per heavy atom. The van der Waals surface area contributed by atoms with Crippen molar-refractivity contribution in [3.63, 3.8) is 0 Å². The maximum absolute atomic E-state index is 14.6. The van der Waals surface area contributed by atoms with Crippen LogP contribution >= 0.6 is 0 Å². The molecule has 2 aliphatic carbocycles. The van der Waals surface area contributed by atoms with Crippen molar-refractivity contribution in [3.05, 3.63) is 65.2 Å². The molecule has 2 saturated carbocycles. The molecule has 0 spiro atoms. The summed E-state index contributed by atoms with van der Waals surface area (Å²) >= 11 is 0. The van der Waals surface area contributed by atoms with Crippen molar-refractivity contribution in [2.75, 3.05) is 6.61 Å². The van der Waals surface area contributed by atoms with E-state index in [2.05, 4.69) is 23.8 Å². The van der Waals surface area contributed by atoms with Gasteiger partial charge in [-0.3, -0.25) is 0 Å². The Hall–Kier alpha value is -2.69. The summed E-state index contributed by atoms with van der Waals surface area (Å²) in [6.07, 6.45) is 4.99. The van der Waals surface area contributed by atoms with Crippen LogP contribution < -0.4 is 4.74 Å². The fraction of sp³-hybridized carbons (Fsp3) is 0.562. The second-order valence-electron chi connectivity index (χ2n) is 11.6. The highest BCUT2D eigenvalue weighted by Gasteiger charge is 2.39. The minimum Gasteiger partial charge on any atom is -0.431 e. The van der Waals surface area contributed by atoms with Crippen molar-refractivity contribution in [3.8, 4) is 16.9 Å². The topological polar surface area (TPSA) is 18.5 Å². The predicted octanol–water partition coefficient (Wildman–Crippen LogP) is 10.6. The third-order valence-corrected chi connectivity index (χ3v) is 8.35. The Bertz CT molecular complexity index is 1210. The highest BCUT2D eigenvalue weighted by Crippen LogP contribution is 2.39. The summed E-state index contributed by atoms with van der Waals surface area (Å²) in [5.74, 6) is -6.43. The summed E-state index contributed by atoms with van der Waals surface area (Å²) in [6.45, 7) is 1.05. The third-order valence-electron chi connectivity index (χ3n) is 8.35. The molecule has 0 amide bonds. The Balaban J connectivity index is 1.28. The molecular formula is C32H35F9O2. The maximum Gasteiger partial charge on any atom is 0.422 e. The minimum atomic E-state index is -5.38. The fourth-order valence-electron chi connectivity index (χ4n) is 6.13. The first-order chi connectivity index (χ1) is 20.3. The molecule has 43 heavy (non-hydrogen) atoms. The van der Waals surface area contributed by atoms with Gasteiger partial charge in [-0.1, -0.05) is 31.9 Å². The molecule has 0 heterocycles.